The summed E-state index contributed by atoms with van der Waals surface area (Å²) in [6, 6.07) is 3.89. The first-order valence-electron chi connectivity index (χ1n) is 7.56. The number of nitrogens with zero attached hydrogens (tertiary/aromatic N) is 4. The van der Waals surface area contributed by atoms with Crippen molar-refractivity contribution in [1.29, 1.82) is 0 Å². The molecular formula is C16H11Cl4N5S2. The third kappa shape index (κ3) is 3.48. The summed E-state index contributed by atoms with van der Waals surface area (Å²) < 4.78 is 4.65. The van der Waals surface area contributed by atoms with Crippen LogP contribution in [0.1, 0.15) is 0 Å². The van der Waals surface area contributed by atoms with E-state index in [0.717, 1.165) is 32.5 Å². The van der Waals surface area contributed by atoms with E-state index in [1.165, 1.54) is 22.7 Å². The molecule has 0 amide bonds. The summed E-state index contributed by atoms with van der Waals surface area (Å²) in [6.45, 7) is 0. The van der Waals surface area contributed by atoms with E-state index in [-0.39, 0.29) is 0 Å². The van der Waals surface area contributed by atoms with Crippen LogP contribution in [0.15, 0.2) is 24.5 Å². The zero-order chi connectivity index (χ0) is 19.3. The van der Waals surface area contributed by atoms with Crippen LogP contribution in [-0.2, 0) is 14.1 Å². The van der Waals surface area contributed by atoms with Crippen LogP contribution in [-0.4, -0.2) is 19.6 Å². The number of hydrogen-bond donors (Lipinski definition) is 1. The van der Waals surface area contributed by atoms with Gasteiger partial charge in [0.05, 0.1) is 43.8 Å². The molecule has 0 aromatic carbocycles. The van der Waals surface area contributed by atoms with Gasteiger partial charge in [0.1, 0.15) is 8.67 Å². The fourth-order valence-electron chi connectivity index (χ4n) is 2.73. The van der Waals surface area contributed by atoms with E-state index in [1.807, 2.05) is 26.2 Å². The number of thiophene rings is 2. The molecule has 11 heteroatoms. The quantitative estimate of drug-likeness (QED) is 0.344. The van der Waals surface area contributed by atoms with Gasteiger partial charge in [-0.1, -0.05) is 46.4 Å². The van der Waals surface area contributed by atoms with Crippen molar-refractivity contribution in [2.45, 2.75) is 0 Å². The molecule has 4 heterocycles. The lowest BCUT2D eigenvalue weighted by atomic mass is 10.2. The monoisotopic (exact) mass is 477 g/mol. The Hall–Kier alpha value is -1.22. The molecule has 4 aromatic heterocycles. The van der Waals surface area contributed by atoms with E-state index in [1.54, 1.807) is 21.8 Å². The van der Waals surface area contributed by atoms with Crippen molar-refractivity contribution in [3.63, 3.8) is 0 Å². The number of aryl methyl sites for hydroxylation is 2. The van der Waals surface area contributed by atoms with E-state index >= 15 is 0 Å². The minimum absolute atomic E-state index is 0.552. The van der Waals surface area contributed by atoms with Gasteiger partial charge in [0, 0.05) is 25.2 Å². The minimum atomic E-state index is 0.552. The Labute approximate surface area is 183 Å². The van der Waals surface area contributed by atoms with Crippen LogP contribution in [0.5, 0.6) is 0 Å². The average molecular weight is 479 g/mol. The topological polar surface area (TPSA) is 47.7 Å². The fraction of sp³-hybridized carbons (Fsp3) is 0.125. The summed E-state index contributed by atoms with van der Waals surface area (Å²) in [5, 5.41) is 14.5. The van der Waals surface area contributed by atoms with Gasteiger partial charge >= 0.3 is 0 Å². The largest absolute Gasteiger partial charge is 0.339 e. The van der Waals surface area contributed by atoms with Crippen molar-refractivity contribution in [3.8, 4) is 22.5 Å². The van der Waals surface area contributed by atoms with Gasteiger partial charge in [-0.15, -0.1) is 22.7 Å². The van der Waals surface area contributed by atoms with Gasteiger partial charge < -0.3 is 5.32 Å². The lowest BCUT2D eigenvalue weighted by molar-refractivity contribution is 0.776. The molecule has 0 atom stereocenters. The number of hydrogen-bond acceptors (Lipinski definition) is 5. The highest BCUT2D eigenvalue weighted by Gasteiger charge is 2.19. The molecule has 0 saturated carbocycles. The third-order valence-corrected chi connectivity index (χ3v) is 7.02. The molecule has 140 valence electrons. The zero-order valence-electron chi connectivity index (χ0n) is 13.9. The summed E-state index contributed by atoms with van der Waals surface area (Å²) in [7, 11) is 3.65. The Balaban J connectivity index is 1.67. The molecule has 0 saturated heterocycles. The Morgan fingerprint density at radius 3 is 1.52 bits per heavy atom. The number of nitrogens with one attached hydrogen (secondary N) is 1. The Morgan fingerprint density at radius 1 is 0.778 bits per heavy atom. The third-order valence-electron chi connectivity index (χ3n) is 3.92. The fourth-order valence-corrected chi connectivity index (χ4v) is 5.71. The molecule has 0 aliphatic heterocycles. The second kappa shape index (κ2) is 7.31. The minimum Gasteiger partial charge on any atom is -0.339 e. The highest BCUT2D eigenvalue weighted by Crippen LogP contribution is 2.45. The second-order valence-electron chi connectivity index (χ2n) is 5.65. The van der Waals surface area contributed by atoms with Crippen LogP contribution in [0, 0.1) is 0 Å². The van der Waals surface area contributed by atoms with Gasteiger partial charge in [0.2, 0.25) is 0 Å². The van der Waals surface area contributed by atoms with Gasteiger partial charge in [-0.3, -0.25) is 9.36 Å². The Kier molecular flexibility index (Phi) is 5.18. The molecule has 0 aliphatic carbocycles. The first-order chi connectivity index (χ1) is 12.8. The van der Waals surface area contributed by atoms with Crippen LogP contribution in [0.25, 0.3) is 22.5 Å². The molecule has 0 radical (unpaired) electrons. The van der Waals surface area contributed by atoms with Crippen molar-refractivity contribution in [2.75, 3.05) is 5.32 Å². The first kappa shape index (κ1) is 19.1. The highest BCUT2D eigenvalue weighted by atomic mass is 35.5. The number of anilines is 2. The van der Waals surface area contributed by atoms with Crippen molar-refractivity contribution in [3.05, 3.63) is 43.2 Å². The van der Waals surface area contributed by atoms with Crippen LogP contribution >= 0.6 is 69.1 Å². The van der Waals surface area contributed by atoms with E-state index in [9.17, 15) is 0 Å². The Morgan fingerprint density at radius 2 is 1.19 bits per heavy atom. The summed E-state index contributed by atoms with van der Waals surface area (Å²) in [5.41, 5.74) is 3.20. The number of aromatic nitrogens is 4. The lowest BCUT2D eigenvalue weighted by Gasteiger charge is -2.01. The van der Waals surface area contributed by atoms with Crippen molar-refractivity contribution in [1.82, 2.24) is 19.6 Å². The summed E-state index contributed by atoms with van der Waals surface area (Å²) in [4.78, 5) is 0. The average Bonchev–Trinajstić information content (AvgIpc) is 3.31. The summed E-state index contributed by atoms with van der Waals surface area (Å²) in [6.07, 6.45) is 3.20. The first-order valence-corrected chi connectivity index (χ1v) is 10.7. The molecule has 0 aliphatic rings. The van der Waals surface area contributed by atoms with Crippen LogP contribution in [0.2, 0.25) is 18.7 Å². The molecule has 5 nitrogen and oxygen atoms in total. The maximum Gasteiger partial charge on any atom is 0.104 e. The normalized spacial score (nSPS) is 11.3. The smallest absolute Gasteiger partial charge is 0.104 e. The SMILES string of the molecule is Cn1ncc(Cl)c1-c1cc(Nc2cc(-c3c(Cl)cnn3C)c(Cl)s2)sc1Cl. The summed E-state index contributed by atoms with van der Waals surface area (Å²) >= 11 is 28.2. The molecule has 1 N–H and O–H groups in total. The predicted octanol–water partition coefficient (Wildman–Crippen LogP) is 6.97. The van der Waals surface area contributed by atoms with Gasteiger partial charge in [-0.25, -0.2) is 0 Å². The van der Waals surface area contributed by atoms with Crippen LogP contribution < -0.4 is 5.32 Å². The molecule has 27 heavy (non-hydrogen) atoms. The van der Waals surface area contributed by atoms with E-state index in [2.05, 4.69) is 15.5 Å². The maximum absolute atomic E-state index is 6.43. The predicted molar refractivity (Wildman–Crippen MR) is 116 cm³/mol. The number of halogens is 4. The lowest BCUT2D eigenvalue weighted by Crippen LogP contribution is -1.93. The molecule has 0 fully saturated rings. The van der Waals surface area contributed by atoms with Gasteiger partial charge in [-0.2, -0.15) is 10.2 Å². The van der Waals surface area contributed by atoms with Crippen LogP contribution in [0.3, 0.4) is 0 Å². The second-order valence-corrected chi connectivity index (χ2v) is 9.77. The highest BCUT2D eigenvalue weighted by molar-refractivity contribution is 7.22. The van der Waals surface area contributed by atoms with Crippen LogP contribution in [0.4, 0.5) is 10.0 Å². The molecular weight excluding hydrogens is 468 g/mol. The van der Waals surface area contributed by atoms with Gasteiger partial charge in [-0.05, 0) is 12.1 Å². The molecule has 4 rings (SSSR count). The zero-order valence-corrected chi connectivity index (χ0v) is 18.6. The Bertz CT molecular complexity index is 1010. The van der Waals surface area contributed by atoms with Crippen molar-refractivity contribution < 1.29 is 0 Å². The standard InChI is InChI=1S/C16H11Cl4N5S2/c1-24-13(9(17)5-21-24)7-3-11(26-15(7)19)23-12-4-8(16(20)27-12)14-10(18)6-22-25(14)2/h3-6,23H,1-2H3. The molecule has 0 unspecified atom stereocenters. The van der Waals surface area contributed by atoms with Gasteiger partial charge in [0.25, 0.3) is 0 Å². The maximum atomic E-state index is 6.43. The molecule has 0 spiro atoms. The van der Waals surface area contributed by atoms with Crippen molar-refractivity contribution >= 4 is 79.1 Å². The number of rotatable bonds is 4. The molecule has 0 bridgehead atoms. The van der Waals surface area contributed by atoms with E-state index in [0.29, 0.717) is 18.7 Å². The van der Waals surface area contributed by atoms with E-state index < -0.39 is 0 Å². The van der Waals surface area contributed by atoms with E-state index in [4.69, 9.17) is 46.4 Å². The van der Waals surface area contributed by atoms with Crippen molar-refractivity contribution in [2.24, 2.45) is 14.1 Å². The molecule has 4 aromatic rings. The summed E-state index contributed by atoms with van der Waals surface area (Å²) in [5.74, 6) is 0. The van der Waals surface area contributed by atoms with Gasteiger partial charge in [0.15, 0.2) is 0 Å².